The van der Waals surface area contributed by atoms with Crippen LogP contribution in [0.5, 0.6) is 0 Å². The molecule has 1 aromatic carbocycles. The lowest BCUT2D eigenvalue weighted by Gasteiger charge is -2.25. The van der Waals surface area contributed by atoms with Crippen LogP contribution >= 0.6 is 11.6 Å². The van der Waals surface area contributed by atoms with E-state index in [2.05, 4.69) is 10.2 Å². The summed E-state index contributed by atoms with van der Waals surface area (Å²) in [5.41, 5.74) is 0.600. The third-order valence-electron chi connectivity index (χ3n) is 3.18. The van der Waals surface area contributed by atoms with Crippen LogP contribution in [0.15, 0.2) is 30.3 Å². The zero-order valence-corrected chi connectivity index (χ0v) is 12.1. The third-order valence-corrected chi connectivity index (χ3v) is 3.38. The summed E-state index contributed by atoms with van der Waals surface area (Å²) >= 11 is 5.61. The minimum atomic E-state index is -0.952. The molecule has 2 aromatic rings. The molecule has 4 nitrogen and oxygen atoms in total. The molecule has 0 bridgehead atoms. The highest BCUT2D eigenvalue weighted by molar-refractivity contribution is 6.29. The fourth-order valence-electron chi connectivity index (χ4n) is 1.78. The summed E-state index contributed by atoms with van der Waals surface area (Å²) in [6, 6.07) is 5.98. The van der Waals surface area contributed by atoms with Gasteiger partial charge in [0.2, 0.25) is 0 Å². The summed E-state index contributed by atoms with van der Waals surface area (Å²) in [7, 11) is 1.55. The second-order valence-corrected chi connectivity index (χ2v) is 4.89. The van der Waals surface area contributed by atoms with Gasteiger partial charge in [-0.15, -0.1) is 10.2 Å². The van der Waals surface area contributed by atoms with Gasteiger partial charge in [-0.1, -0.05) is 17.7 Å². The number of aromatic nitrogens is 2. The first-order valence-electron chi connectivity index (χ1n) is 6.11. The number of amides is 1. The number of benzene rings is 1. The summed E-state index contributed by atoms with van der Waals surface area (Å²) in [6.45, 7) is 1.70. The Morgan fingerprint density at radius 1 is 1.19 bits per heavy atom. The van der Waals surface area contributed by atoms with Crippen molar-refractivity contribution in [2.75, 3.05) is 7.05 Å². The lowest BCUT2D eigenvalue weighted by atomic mass is 10.1. The van der Waals surface area contributed by atoms with Gasteiger partial charge in [0, 0.05) is 7.05 Å². The number of carbonyl (C=O) groups is 1. The quantitative estimate of drug-likeness (QED) is 0.874. The topological polar surface area (TPSA) is 46.1 Å². The molecule has 0 N–H and O–H groups in total. The molecule has 0 spiro atoms. The molecule has 0 aliphatic heterocycles. The van der Waals surface area contributed by atoms with Gasteiger partial charge in [0.1, 0.15) is 0 Å². The van der Waals surface area contributed by atoms with Crippen molar-refractivity contribution in [3.05, 3.63) is 58.4 Å². The molecule has 110 valence electrons. The van der Waals surface area contributed by atoms with E-state index in [9.17, 15) is 13.6 Å². The Hall–Kier alpha value is -2.08. The zero-order valence-electron chi connectivity index (χ0n) is 11.3. The van der Waals surface area contributed by atoms with E-state index >= 15 is 0 Å². The first-order valence-corrected chi connectivity index (χ1v) is 6.49. The Balaban J connectivity index is 2.21. The van der Waals surface area contributed by atoms with Gasteiger partial charge < -0.3 is 4.90 Å². The predicted octanol–water partition coefficient (Wildman–Crippen LogP) is 3.24. The van der Waals surface area contributed by atoms with E-state index in [-0.39, 0.29) is 10.8 Å². The molecular formula is C14H12ClF2N3O. The average molecular weight is 312 g/mol. The fourth-order valence-corrected chi connectivity index (χ4v) is 1.88. The second-order valence-electron chi connectivity index (χ2n) is 4.51. The highest BCUT2D eigenvalue weighted by Crippen LogP contribution is 2.22. The molecule has 0 aliphatic rings. The van der Waals surface area contributed by atoms with Crippen LogP contribution < -0.4 is 0 Å². The van der Waals surface area contributed by atoms with Crippen LogP contribution in [-0.2, 0) is 0 Å². The van der Waals surface area contributed by atoms with E-state index in [1.807, 2.05) is 0 Å². The monoisotopic (exact) mass is 311 g/mol. The van der Waals surface area contributed by atoms with Gasteiger partial charge in [0.25, 0.3) is 5.91 Å². The molecule has 7 heteroatoms. The SMILES string of the molecule is CC(c1ccc(F)c(F)c1)N(C)C(=O)c1ccc(Cl)nn1. The highest BCUT2D eigenvalue weighted by atomic mass is 35.5. The molecule has 0 saturated carbocycles. The number of carbonyl (C=O) groups excluding carboxylic acids is 1. The lowest BCUT2D eigenvalue weighted by Crippen LogP contribution is -2.30. The van der Waals surface area contributed by atoms with Crippen LogP contribution in [-0.4, -0.2) is 28.1 Å². The molecule has 1 aromatic heterocycles. The van der Waals surface area contributed by atoms with E-state index in [1.54, 1.807) is 14.0 Å². The van der Waals surface area contributed by atoms with E-state index in [1.165, 1.54) is 23.1 Å². The molecular weight excluding hydrogens is 300 g/mol. The van der Waals surface area contributed by atoms with Gasteiger partial charge in [0.05, 0.1) is 6.04 Å². The van der Waals surface area contributed by atoms with Crippen molar-refractivity contribution in [3.8, 4) is 0 Å². The lowest BCUT2D eigenvalue weighted by molar-refractivity contribution is 0.0735. The maximum Gasteiger partial charge on any atom is 0.274 e. The maximum atomic E-state index is 13.3. The van der Waals surface area contributed by atoms with E-state index in [0.29, 0.717) is 5.56 Å². The minimum Gasteiger partial charge on any atom is -0.334 e. The number of hydrogen-bond acceptors (Lipinski definition) is 3. The largest absolute Gasteiger partial charge is 0.334 e. The number of halogens is 3. The molecule has 0 saturated heterocycles. The van der Waals surface area contributed by atoms with Crippen LogP contribution in [0.3, 0.4) is 0 Å². The molecule has 1 atom stereocenters. The Morgan fingerprint density at radius 3 is 2.48 bits per heavy atom. The van der Waals surface area contributed by atoms with Crippen molar-refractivity contribution < 1.29 is 13.6 Å². The average Bonchev–Trinajstić information content (AvgIpc) is 2.48. The highest BCUT2D eigenvalue weighted by Gasteiger charge is 2.21. The predicted molar refractivity (Wildman–Crippen MR) is 73.9 cm³/mol. The molecule has 1 unspecified atom stereocenters. The number of hydrogen-bond donors (Lipinski definition) is 0. The molecule has 0 radical (unpaired) electrons. The molecule has 2 rings (SSSR count). The van der Waals surface area contributed by atoms with Gasteiger partial charge in [0.15, 0.2) is 22.5 Å². The summed E-state index contributed by atoms with van der Waals surface area (Å²) in [5, 5.41) is 7.48. The van der Waals surface area contributed by atoms with Crippen LogP contribution in [0, 0.1) is 11.6 Å². The first-order chi connectivity index (χ1) is 9.90. The first kappa shape index (κ1) is 15.3. The van der Waals surface area contributed by atoms with Crippen LogP contribution in [0.4, 0.5) is 8.78 Å². The van der Waals surface area contributed by atoms with Gasteiger partial charge in [-0.3, -0.25) is 4.79 Å². The maximum absolute atomic E-state index is 13.3. The Labute approximate surface area is 125 Å². The number of nitrogens with zero attached hydrogens (tertiary/aromatic N) is 3. The van der Waals surface area contributed by atoms with Gasteiger partial charge in [-0.05, 0) is 36.8 Å². The Bertz CT molecular complexity index is 664. The Kier molecular flexibility index (Phi) is 4.47. The summed E-state index contributed by atoms with van der Waals surface area (Å²) in [4.78, 5) is 13.6. The molecule has 21 heavy (non-hydrogen) atoms. The van der Waals surface area contributed by atoms with Crippen LogP contribution in [0.2, 0.25) is 5.15 Å². The Morgan fingerprint density at radius 2 is 1.90 bits per heavy atom. The van der Waals surface area contributed by atoms with E-state index in [4.69, 9.17) is 11.6 Å². The van der Waals surface area contributed by atoms with Crippen molar-refractivity contribution in [1.29, 1.82) is 0 Å². The molecule has 1 heterocycles. The fraction of sp³-hybridized carbons (Fsp3) is 0.214. The summed E-state index contributed by atoms with van der Waals surface area (Å²) < 4.78 is 26.2. The second kappa shape index (κ2) is 6.13. The molecule has 0 aliphatic carbocycles. The molecule has 0 fully saturated rings. The normalized spacial score (nSPS) is 12.0. The molecule has 1 amide bonds. The van der Waals surface area contributed by atoms with Crippen molar-refractivity contribution >= 4 is 17.5 Å². The van der Waals surface area contributed by atoms with E-state index < -0.39 is 23.6 Å². The van der Waals surface area contributed by atoms with Gasteiger partial charge in [-0.2, -0.15) is 0 Å². The zero-order chi connectivity index (χ0) is 15.6. The van der Waals surface area contributed by atoms with Gasteiger partial charge >= 0.3 is 0 Å². The third kappa shape index (κ3) is 3.33. The van der Waals surface area contributed by atoms with Crippen molar-refractivity contribution in [2.24, 2.45) is 0 Å². The summed E-state index contributed by atoms with van der Waals surface area (Å²) in [5.74, 6) is -2.27. The summed E-state index contributed by atoms with van der Waals surface area (Å²) in [6.07, 6.45) is 0. The van der Waals surface area contributed by atoms with Crippen LogP contribution in [0.25, 0.3) is 0 Å². The minimum absolute atomic E-state index is 0.122. The van der Waals surface area contributed by atoms with Crippen LogP contribution in [0.1, 0.15) is 29.0 Å². The standard InChI is InChI=1S/C14H12ClF2N3O/c1-8(9-3-4-10(16)11(17)7-9)20(2)14(21)12-5-6-13(15)19-18-12/h3-8H,1-2H3. The van der Waals surface area contributed by atoms with E-state index in [0.717, 1.165) is 12.1 Å². The smallest absolute Gasteiger partial charge is 0.274 e. The number of rotatable bonds is 3. The van der Waals surface area contributed by atoms with Crippen molar-refractivity contribution in [3.63, 3.8) is 0 Å². The van der Waals surface area contributed by atoms with Crippen molar-refractivity contribution in [1.82, 2.24) is 15.1 Å². The van der Waals surface area contributed by atoms with Gasteiger partial charge in [-0.25, -0.2) is 8.78 Å². The van der Waals surface area contributed by atoms with Crippen molar-refractivity contribution in [2.45, 2.75) is 13.0 Å².